The third kappa shape index (κ3) is 3.80. The quantitative estimate of drug-likeness (QED) is 0.444. The number of hydrogen-bond donors (Lipinski definition) is 1. The minimum absolute atomic E-state index is 0.0597. The summed E-state index contributed by atoms with van der Waals surface area (Å²) in [5.41, 5.74) is -0.345. The van der Waals surface area contributed by atoms with E-state index in [4.69, 9.17) is 4.74 Å². The first-order chi connectivity index (χ1) is 15.3. The molecule has 0 saturated carbocycles. The van der Waals surface area contributed by atoms with Crippen LogP contribution in [0.15, 0.2) is 33.9 Å². The molecule has 0 radical (unpaired) electrons. The molecule has 4 rings (SSSR count). The summed E-state index contributed by atoms with van der Waals surface area (Å²) in [6.07, 6.45) is 0.138. The fraction of sp³-hybridized carbons (Fsp3) is 0.278. The Morgan fingerprint density at radius 2 is 1.97 bits per heavy atom. The van der Waals surface area contributed by atoms with Gasteiger partial charge < -0.3 is 4.74 Å². The molecule has 32 heavy (non-hydrogen) atoms. The van der Waals surface area contributed by atoms with Crippen molar-refractivity contribution in [2.24, 2.45) is 0 Å². The number of nitrogens with zero attached hydrogens (tertiary/aromatic N) is 5. The van der Waals surface area contributed by atoms with Crippen molar-refractivity contribution in [1.29, 1.82) is 0 Å². The maximum atomic E-state index is 15.2. The van der Waals surface area contributed by atoms with Gasteiger partial charge in [0, 0.05) is 31.2 Å². The van der Waals surface area contributed by atoms with E-state index in [2.05, 4.69) is 10.2 Å². The first-order valence-electron chi connectivity index (χ1n) is 9.33. The molecule has 0 aliphatic carbocycles. The molecule has 1 aliphatic heterocycles. The maximum Gasteiger partial charge on any atom is 0.353 e. The van der Waals surface area contributed by atoms with Crippen LogP contribution in [0.25, 0.3) is 21.3 Å². The highest BCUT2D eigenvalue weighted by molar-refractivity contribution is 7.17. The van der Waals surface area contributed by atoms with Gasteiger partial charge in [0.25, 0.3) is 5.69 Å². The normalized spacial score (nSPS) is 15.6. The van der Waals surface area contributed by atoms with Gasteiger partial charge in [0.05, 0.1) is 4.92 Å². The van der Waals surface area contributed by atoms with Crippen LogP contribution in [-0.4, -0.2) is 36.9 Å². The molecule has 1 aliphatic rings. The second-order valence-electron chi connectivity index (χ2n) is 6.81. The standard InChI is InChI=1S/C18H15FN6O6S/c1-9(26)22-24-17(27)13(19)14(23(18(24)28)12-3-2-8-31-12)16-21-20-15(32-16)10-4-6-11(7-5-10)25(29)30/h4-7,12H,2-3,8H2,1H3,(H,22,26). The Balaban J connectivity index is 1.86. The second kappa shape index (κ2) is 8.39. The van der Waals surface area contributed by atoms with Crippen LogP contribution >= 0.6 is 11.3 Å². The number of benzene rings is 1. The smallest absolute Gasteiger partial charge is 0.353 e. The molecule has 0 bridgehead atoms. The monoisotopic (exact) mass is 462 g/mol. The van der Waals surface area contributed by atoms with Crippen LogP contribution in [0.2, 0.25) is 0 Å². The lowest BCUT2D eigenvalue weighted by Gasteiger charge is -2.19. The van der Waals surface area contributed by atoms with Gasteiger partial charge in [-0.2, -0.15) is 9.07 Å². The molecule has 12 nitrogen and oxygen atoms in total. The number of nitro benzene ring substituents is 1. The van der Waals surface area contributed by atoms with E-state index < -0.39 is 39.8 Å². The number of nitrogens with one attached hydrogen (secondary N) is 1. The van der Waals surface area contributed by atoms with E-state index in [0.29, 0.717) is 34.7 Å². The molecule has 1 saturated heterocycles. The molecule has 1 atom stereocenters. The number of hydrogen-bond acceptors (Lipinski definition) is 9. The number of halogens is 1. The number of carbonyl (C=O) groups is 1. The average molecular weight is 462 g/mol. The number of non-ortho nitro benzene ring substituents is 1. The van der Waals surface area contributed by atoms with Gasteiger partial charge in [0.2, 0.25) is 11.7 Å². The fourth-order valence-corrected chi connectivity index (χ4v) is 4.13. The average Bonchev–Trinajstić information content (AvgIpc) is 3.46. The van der Waals surface area contributed by atoms with E-state index in [1.54, 1.807) is 0 Å². The first-order valence-corrected chi connectivity index (χ1v) is 10.1. The van der Waals surface area contributed by atoms with Gasteiger partial charge in [-0.25, -0.2) is 4.79 Å². The number of rotatable bonds is 5. The Hall–Kier alpha value is -3.78. The zero-order valence-electron chi connectivity index (χ0n) is 16.5. The third-order valence-corrected chi connectivity index (χ3v) is 5.63. The number of amides is 1. The molecular weight excluding hydrogens is 447 g/mol. The second-order valence-corrected chi connectivity index (χ2v) is 7.79. The van der Waals surface area contributed by atoms with Crippen LogP contribution in [0.5, 0.6) is 0 Å². The van der Waals surface area contributed by atoms with Crippen LogP contribution in [0.1, 0.15) is 26.0 Å². The summed E-state index contributed by atoms with van der Waals surface area (Å²) in [6.45, 7) is 1.41. The predicted molar refractivity (Wildman–Crippen MR) is 110 cm³/mol. The van der Waals surface area contributed by atoms with Gasteiger partial charge in [-0.3, -0.25) is 29.7 Å². The predicted octanol–water partition coefficient (Wildman–Crippen LogP) is 1.64. The van der Waals surface area contributed by atoms with Gasteiger partial charge >= 0.3 is 11.2 Å². The van der Waals surface area contributed by atoms with Gasteiger partial charge in [-0.1, -0.05) is 11.3 Å². The molecule has 1 aromatic carbocycles. The van der Waals surface area contributed by atoms with Gasteiger partial charge in [0.15, 0.2) is 5.01 Å². The molecule has 1 unspecified atom stereocenters. The molecule has 3 aromatic rings. The van der Waals surface area contributed by atoms with E-state index in [1.165, 1.54) is 24.3 Å². The lowest BCUT2D eigenvalue weighted by atomic mass is 10.2. The Kier molecular flexibility index (Phi) is 5.63. The number of carbonyl (C=O) groups excluding carboxylic acids is 1. The minimum atomic E-state index is -1.35. The van der Waals surface area contributed by atoms with Crippen molar-refractivity contribution >= 4 is 22.9 Å². The van der Waals surface area contributed by atoms with Crippen LogP contribution in [-0.2, 0) is 9.53 Å². The maximum absolute atomic E-state index is 15.2. The molecule has 14 heteroatoms. The highest BCUT2D eigenvalue weighted by Crippen LogP contribution is 2.33. The van der Waals surface area contributed by atoms with E-state index >= 15 is 4.39 Å². The molecule has 0 spiro atoms. The lowest BCUT2D eigenvalue weighted by Crippen LogP contribution is -2.49. The van der Waals surface area contributed by atoms with Crippen molar-refractivity contribution < 1.29 is 18.8 Å². The molecule has 1 amide bonds. The summed E-state index contributed by atoms with van der Waals surface area (Å²) in [5, 5.41) is 19.0. The number of ether oxygens (including phenoxy) is 1. The van der Waals surface area contributed by atoms with Crippen molar-refractivity contribution in [3.8, 4) is 21.3 Å². The molecule has 2 aromatic heterocycles. The zero-order valence-corrected chi connectivity index (χ0v) is 17.3. The summed E-state index contributed by atoms with van der Waals surface area (Å²) >= 11 is 0.895. The van der Waals surface area contributed by atoms with Gasteiger partial charge in [-0.05, 0) is 25.0 Å². The summed E-state index contributed by atoms with van der Waals surface area (Å²) in [7, 11) is 0. The van der Waals surface area contributed by atoms with Gasteiger partial charge in [-0.15, -0.1) is 10.2 Å². The number of nitro groups is 1. The van der Waals surface area contributed by atoms with Crippen molar-refractivity contribution in [1.82, 2.24) is 19.4 Å². The van der Waals surface area contributed by atoms with Crippen molar-refractivity contribution in [3.05, 3.63) is 61.0 Å². The van der Waals surface area contributed by atoms with Crippen LogP contribution in [0, 0.1) is 15.9 Å². The lowest BCUT2D eigenvalue weighted by molar-refractivity contribution is -0.384. The van der Waals surface area contributed by atoms with E-state index in [9.17, 15) is 24.5 Å². The largest absolute Gasteiger partial charge is 0.358 e. The summed E-state index contributed by atoms with van der Waals surface area (Å²) in [4.78, 5) is 47.2. The van der Waals surface area contributed by atoms with E-state index in [-0.39, 0.29) is 10.7 Å². The van der Waals surface area contributed by atoms with Crippen molar-refractivity contribution in [2.45, 2.75) is 26.0 Å². The van der Waals surface area contributed by atoms with Crippen molar-refractivity contribution in [2.75, 3.05) is 12.0 Å². The highest BCUT2D eigenvalue weighted by Gasteiger charge is 2.30. The Morgan fingerprint density at radius 3 is 2.56 bits per heavy atom. The molecular formula is C18H15FN6O6S. The molecule has 1 fully saturated rings. The topological polar surface area (TPSA) is 151 Å². The highest BCUT2D eigenvalue weighted by atomic mass is 32.1. The molecule has 1 N–H and O–H groups in total. The SMILES string of the molecule is CC(=O)Nn1c(=O)c(F)c(-c2nnc(-c3ccc([N+](=O)[O-])cc3)s2)n(C2CCCO2)c1=O. The fourth-order valence-electron chi connectivity index (χ4n) is 3.24. The van der Waals surface area contributed by atoms with Crippen LogP contribution < -0.4 is 16.7 Å². The van der Waals surface area contributed by atoms with Crippen LogP contribution in [0.3, 0.4) is 0 Å². The van der Waals surface area contributed by atoms with E-state index in [0.717, 1.165) is 22.8 Å². The first kappa shape index (κ1) is 21.5. The summed E-state index contributed by atoms with van der Waals surface area (Å²) < 4.78 is 22.0. The van der Waals surface area contributed by atoms with Crippen molar-refractivity contribution in [3.63, 3.8) is 0 Å². The number of aromatic nitrogens is 4. The minimum Gasteiger partial charge on any atom is -0.358 e. The summed E-state index contributed by atoms with van der Waals surface area (Å²) in [6, 6.07) is 5.49. The molecule has 166 valence electrons. The summed E-state index contributed by atoms with van der Waals surface area (Å²) in [5.74, 6) is -2.04. The van der Waals surface area contributed by atoms with E-state index in [1.807, 2.05) is 5.43 Å². The van der Waals surface area contributed by atoms with Gasteiger partial charge in [0.1, 0.15) is 16.9 Å². The Bertz CT molecular complexity index is 1330. The Morgan fingerprint density at radius 1 is 1.28 bits per heavy atom. The Labute approximate surface area is 182 Å². The van der Waals surface area contributed by atoms with Crippen LogP contribution in [0.4, 0.5) is 10.1 Å². The third-order valence-electron chi connectivity index (χ3n) is 4.65. The zero-order chi connectivity index (χ0) is 23.0. The molecule has 3 heterocycles.